The monoisotopic (exact) mass is 257 g/mol. The number of halogens is 2. The van der Waals surface area contributed by atoms with E-state index in [2.05, 4.69) is 19.2 Å². The van der Waals surface area contributed by atoms with Gasteiger partial charge in [0.2, 0.25) is 0 Å². The quantitative estimate of drug-likeness (QED) is 0.862. The summed E-state index contributed by atoms with van der Waals surface area (Å²) < 4.78 is 26.6. The van der Waals surface area contributed by atoms with Gasteiger partial charge < -0.3 is 5.32 Å². The van der Waals surface area contributed by atoms with E-state index in [1.807, 2.05) is 0 Å². The van der Waals surface area contributed by atoms with Gasteiger partial charge in [-0.3, -0.25) is 0 Å². The molecule has 1 aliphatic rings. The summed E-state index contributed by atoms with van der Waals surface area (Å²) in [6.07, 6.45) is 2.04. The van der Waals surface area contributed by atoms with E-state index >= 15 is 0 Å². The minimum absolute atomic E-state index is 0.134. The van der Waals surface area contributed by atoms with Crippen LogP contribution in [0.3, 0.4) is 0 Å². The number of benzene rings is 1. The first-order valence-electron chi connectivity index (χ1n) is 5.95. The fourth-order valence-electron chi connectivity index (χ4n) is 2.14. The molecule has 0 fully saturated rings. The molecule has 4 heteroatoms. The molecule has 0 saturated heterocycles. The average molecular weight is 257 g/mol. The molecule has 1 unspecified atom stereocenters. The molecule has 0 aromatic heterocycles. The zero-order valence-corrected chi connectivity index (χ0v) is 10.9. The van der Waals surface area contributed by atoms with E-state index in [1.165, 1.54) is 12.1 Å². The van der Waals surface area contributed by atoms with Crippen LogP contribution in [0.1, 0.15) is 38.3 Å². The van der Waals surface area contributed by atoms with Gasteiger partial charge in [0.1, 0.15) is 0 Å². The first kappa shape index (κ1) is 12.8. The van der Waals surface area contributed by atoms with Gasteiger partial charge >= 0.3 is 0 Å². The highest BCUT2D eigenvalue weighted by molar-refractivity contribution is 7.99. The number of fused-ring (bicyclic) bond motifs is 1. The summed E-state index contributed by atoms with van der Waals surface area (Å²) in [5, 5.41) is 3.42. The number of hydrogen-bond donors (Lipinski definition) is 1. The van der Waals surface area contributed by atoms with Gasteiger partial charge in [0, 0.05) is 17.0 Å². The molecule has 0 aliphatic carbocycles. The van der Waals surface area contributed by atoms with Crippen LogP contribution < -0.4 is 5.32 Å². The third-order valence-corrected chi connectivity index (χ3v) is 4.01. The second-order valence-corrected chi connectivity index (χ2v) is 5.81. The van der Waals surface area contributed by atoms with Gasteiger partial charge in [-0.1, -0.05) is 13.8 Å². The standard InChI is InChI=1S/C13H17F2NS/c1-8(2)16-12-4-3-5-17-13-7-11(15)10(14)6-9(12)13/h6-8,12,16H,3-5H2,1-2H3. The van der Waals surface area contributed by atoms with Gasteiger partial charge in [-0.05, 0) is 36.3 Å². The Hall–Kier alpha value is -0.610. The fourth-order valence-corrected chi connectivity index (χ4v) is 3.23. The molecule has 1 heterocycles. The van der Waals surface area contributed by atoms with Crippen LogP contribution in [0.15, 0.2) is 17.0 Å². The maximum absolute atomic E-state index is 13.3. The fraction of sp³-hybridized carbons (Fsp3) is 0.538. The number of rotatable bonds is 2. The van der Waals surface area contributed by atoms with E-state index in [0.29, 0.717) is 6.04 Å². The lowest BCUT2D eigenvalue weighted by Gasteiger charge is -2.21. The van der Waals surface area contributed by atoms with E-state index in [4.69, 9.17) is 0 Å². The van der Waals surface area contributed by atoms with Gasteiger partial charge in [-0.2, -0.15) is 0 Å². The Morgan fingerprint density at radius 1 is 1.29 bits per heavy atom. The zero-order chi connectivity index (χ0) is 12.4. The van der Waals surface area contributed by atoms with Crippen molar-refractivity contribution in [3.63, 3.8) is 0 Å². The van der Waals surface area contributed by atoms with Crippen LogP contribution in [-0.2, 0) is 0 Å². The van der Waals surface area contributed by atoms with Crippen molar-refractivity contribution in [2.24, 2.45) is 0 Å². The minimum Gasteiger partial charge on any atom is -0.308 e. The molecule has 1 atom stereocenters. The van der Waals surface area contributed by atoms with Crippen molar-refractivity contribution in [3.8, 4) is 0 Å². The van der Waals surface area contributed by atoms with Crippen LogP contribution in [-0.4, -0.2) is 11.8 Å². The Kier molecular flexibility index (Phi) is 4.05. The van der Waals surface area contributed by atoms with Crippen molar-refractivity contribution in [2.75, 3.05) is 5.75 Å². The predicted molar refractivity (Wildman–Crippen MR) is 67.3 cm³/mol. The molecular weight excluding hydrogens is 240 g/mol. The first-order chi connectivity index (χ1) is 8.08. The highest BCUT2D eigenvalue weighted by Gasteiger charge is 2.21. The molecule has 2 rings (SSSR count). The van der Waals surface area contributed by atoms with Crippen molar-refractivity contribution in [1.82, 2.24) is 5.32 Å². The van der Waals surface area contributed by atoms with Gasteiger partial charge in [-0.25, -0.2) is 8.78 Å². The van der Waals surface area contributed by atoms with Crippen LogP contribution in [0.2, 0.25) is 0 Å². The molecule has 1 nitrogen and oxygen atoms in total. The predicted octanol–water partition coefficient (Wildman–Crippen LogP) is 3.89. The van der Waals surface area contributed by atoms with Gasteiger partial charge in [0.15, 0.2) is 11.6 Å². The number of hydrogen-bond acceptors (Lipinski definition) is 2. The van der Waals surface area contributed by atoms with Crippen LogP contribution in [0.25, 0.3) is 0 Å². The Labute approximate surface area is 105 Å². The highest BCUT2D eigenvalue weighted by atomic mass is 32.2. The molecule has 17 heavy (non-hydrogen) atoms. The number of thioether (sulfide) groups is 1. The smallest absolute Gasteiger partial charge is 0.159 e. The maximum atomic E-state index is 13.3. The lowest BCUT2D eigenvalue weighted by molar-refractivity contribution is 0.440. The molecule has 0 saturated carbocycles. The summed E-state index contributed by atoms with van der Waals surface area (Å²) in [5.74, 6) is -0.530. The third kappa shape index (κ3) is 2.99. The van der Waals surface area contributed by atoms with Crippen LogP contribution in [0.5, 0.6) is 0 Å². The van der Waals surface area contributed by atoms with Crippen molar-refractivity contribution in [2.45, 2.75) is 43.7 Å². The Balaban J connectivity index is 2.37. The SMILES string of the molecule is CC(C)NC1CCCSc2cc(F)c(F)cc21. The molecule has 1 aromatic carbocycles. The maximum Gasteiger partial charge on any atom is 0.159 e. The van der Waals surface area contributed by atoms with Gasteiger partial charge in [-0.15, -0.1) is 11.8 Å². The van der Waals surface area contributed by atoms with Crippen molar-refractivity contribution in [3.05, 3.63) is 29.3 Å². The third-order valence-electron chi connectivity index (χ3n) is 2.86. The van der Waals surface area contributed by atoms with E-state index in [-0.39, 0.29) is 6.04 Å². The summed E-state index contributed by atoms with van der Waals surface area (Å²) in [5.41, 5.74) is 0.903. The second kappa shape index (κ2) is 5.36. The molecule has 0 radical (unpaired) electrons. The summed E-state index contributed by atoms with van der Waals surface area (Å²) >= 11 is 1.62. The lowest BCUT2D eigenvalue weighted by atomic mass is 10.0. The van der Waals surface area contributed by atoms with Crippen molar-refractivity contribution < 1.29 is 8.78 Å². The molecule has 1 N–H and O–H groups in total. The molecule has 1 aromatic rings. The second-order valence-electron chi connectivity index (χ2n) is 4.67. The van der Waals surface area contributed by atoms with Gasteiger partial charge in [0.25, 0.3) is 0 Å². The van der Waals surface area contributed by atoms with Gasteiger partial charge in [0.05, 0.1) is 0 Å². The Morgan fingerprint density at radius 2 is 2.00 bits per heavy atom. The Morgan fingerprint density at radius 3 is 2.71 bits per heavy atom. The zero-order valence-electron chi connectivity index (χ0n) is 10.1. The molecule has 0 spiro atoms. The highest BCUT2D eigenvalue weighted by Crippen LogP contribution is 2.36. The molecule has 94 valence electrons. The van der Waals surface area contributed by atoms with Crippen LogP contribution >= 0.6 is 11.8 Å². The van der Waals surface area contributed by atoms with E-state index in [1.54, 1.807) is 11.8 Å². The van der Waals surface area contributed by atoms with E-state index in [0.717, 1.165) is 29.1 Å². The van der Waals surface area contributed by atoms with Crippen LogP contribution in [0, 0.1) is 11.6 Å². The number of nitrogens with one attached hydrogen (secondary N) is 1. The molecule has 0 bridgehead atoms. The van der Waals surface area contributed by atoms with Crippen molar-refractivity contribution in [1.29, 1.82) is 0 Å². The first-order valence-corrected chi connectivity index (χ1v) is 6.94. The summed E-state index contributed by atoms with van der Waals surface area (Å²) in [7, 11) is 0. The van der Waals surface area contributed by atoms with Crippen molar-refractivity contribution >= 4 is 11.8 Å². The summed E-state index contributed by atoms with van der Waals surface area (Å²) in [4.78, 5) is 0.875. The molecule has 1 aliphatic heterocycles. The minimum atomic E-state index is -0.749. The average Bonchev–Trinajstić information content (AvgIpc) is 2.42. The summed E-state index contributed by atoms with van der Waals surface area (Å²) in [6.45, 7) is 4.13. The van der Waals surface area contributed by atoms with E-state index < -0.39 is 11.6 Å². The molecular formula is C13H17F2NS. The Bertz CT molecular complexity index is 407. The van der Waals surface area contributed by atoms with E-state index in [9.17, 15) is 8.78 Å². The summed E-state index contributed by atoms with van der Waals surface area (Å²) in [6, 6.07) is 3.15. The van der Waals surface area contributed by atoms with Crippen LogP contribution in [0.4, 0.5) is 8.78 Å². The normalized spacial score (nSPS) is 20.2. The topological polar surface area (TPSA) is 12.0 Å². The molecule has 0 amide bonds. The lowest BCUT2D eigenvalue weighted by Crippen LogP contribution is -2.28. The largest absolute Gasteiger partial charge is 0.308 e.